The molecule has 0 saturated heterocycles. The number of Topliss-reactive ketones (excluding diaryl/α,β-unsaturated/α-hetero) is 1. The van der Waals surface area contributed by atoms with Gasteiger partial charge >= 0.3 is 5.97 Å². The van der Waals surface area contributed by atoms with Crippen LogP contribution in [0.3, 0.4) is 0 Å². The number of carbonyl (C=O) groups excluding carboxylic acids is 2. The molecule has 0 N–H and O–H groups in total. The van der Waals surface area contributed by atoms with E-state index in [1.165, 1.54) is 0 Å². The maximum atomic E-state index is 12.5. The second-order valence-electron chi connectivity index (χ2n) is 5.88. The molecule has 27 heavy (non-hydrogen) atoms. The number of carbonyl (C=O) groups is 2. The Morgan fingerprint density at radius 1 is 1.11 bits per heavy atom. The van der Waals surface area contributed by atoms with Gasteiger partial charge in [-0.1, -0.05) is 19.1 Å². The van der Waals surface area contributed by atoms with Crippen LogP contribution in [0, 0.1) is 0 Å². The van der Waals surface area contributed by atoms with Crippen LogP contribution in [0.15, 0.2) is 48.2 Å². The summed E-state index contributed by atoms with van der Waals surface area (Å²) in [4.78, 5) is 24.0. The summed E-state index contributed by atoms with van der Waals surface area (Å²) in [5.41, 5.74) is 1.28. The molecule has 0 radical (unpaired) electrons. The topological polar surface area (TPSA) is 71.1 Å². The van der Waals surface area contributed by atoms with Crippen LogP contribution in [-0.4, -0.2) is 32.1 Å². The molecule has 0 unspecified atom stereocenters. The Balaban J connectivity index is 1.69. The van der Waals surface area contributed by atoms with E-state index >= 15 is 0 Å². The summed E-state index contributed by atoms with van der Waals surface area (Å²) in [5, 5.41) is 0. The minimum atomic E-state index is -0.436. The molecule has 2 aromatic carbocycles. The summed E-state index contributed by atoms with van der Waals surface area (Å²) in [5.74, 6) is 1.16. The van der Waals surface area contributed by atoms with Crippen LogP contribution >= 0.6 is 0 Å². The quantitative estimate of drug-likeness (QED) is 0.549. The first-order valence-electron chi connectivity index (χ1n) is 8.61. The molecule has 6 nitrogen and oxygen atoms in total. The standard InChI is InChI=1S/C21H20O6/c1-3-10-25-20(22)13-26-16-8-9-17-18(12-16)27-19(21(17)23)11-14-4-6-15(24-2)7-5-14/h4-9,11-12H,3,10,13H2,1-2H3. The van der Waals surface area contributed by atoms with Crippen molar-refractivity contribution in [1.29, 1.82) is 0 Å². The molecule has 1 aliphatic rings. The van der Waals surface area contributed by atoms with Crippen molar-refractivity contribution in [2.24, 2.45) is 0 Å². The Hall–Kier alpha value is -3.28. The van der Waals surface area contributed by atoms with Crippen LogP contribution in [0.4, 0.5) is 0 Å². The number of esters is 1. The van der Waals surface area contributed by atoms with Gasteiger partial charge in [-0.2, -0.15) is 0 Å². The van der Waals surface area contributed by atoms with Gasteiger partial charge in [0.05, 0.1) is 19.3 Å². The highest BCUT2D eigenvalue weighted by Crippen LogP contribution is 2.35. The van der Waals surface area contributed by atoms with Gasteiger partial charge in [0.15, 0.2) is 12.4 Å². The summed E-state index contributed by atoms with van der Waals surface area (Å²) in [6.07, 6.45) is 2.42. The fraction of sp³-hybridized carbons (Fsp3) is 0.238. The van der Waals surface area contributed by atoms with Crippen molar-refractivity contribution in [2.45, 2.75) is 13.3 Å². The predicted octanol–water partition coefficient (Wildman–Crippen LogP) is 3.64. The van der Waals surface area contributed by atoms with Gasteiger partial charge in [-0.15, -0.1) is 0 Å². The molecule has 0 saturated carbocycles. The Morgan fingerprint density at radius 2 is 1.85 bits per heavy atom. The van der Waals surface area contributed by atoms with E-state index in [-0.39, 0.29) is 18.1 Å². The van der Waals surface area contributed by atoms with E-state index < -0.39 is 5.97 Å². The van der Waals surface area contributed by atoms with Crippen LogP contribution in [0.1, 0.15) is 29.3 Å². The van der Waals surface area contributed by atoms with Crippen molar-refractivity contribution in [2.75, 3.05) is 20.3 Å². The lowest BCUT2D eigenvalue weighted by Crippen LogP contribution is -2.15. The average molecular weight is 368 g/mol. The average Bonchev–Trinajstić information content (AvgIpc) is 3.00. The van der Waals surface area contributed by atoms with Gasteiger partial charge in [0.2, 0.25) is 5.78 Å². The predicted molar refractivity (Wildman–Crippen MR) is 99.1 cm³/mol. The summed E-state index contributed by atoms with van der Waals surface area (Å²) in [6, 6.07) is 12.1. The SMILES string of the molecule is CCCOC(=O)COc1ccc2c(c1)OC(=Cc1ccc(OC)cc1)C2=O. The summed E-state index contributed by atoms with van der Waals surface area (Å²) >= 11 is 0. The fourth-order valence-electron chi connectivity index (χ4n) is 2.51. The van der Waals surface area contributed by atoms with Crippen LogP contribution in [0.5, 0.6) is 17.2 Å². The number of ether oxygens (including phenoxy) is 4. The zero-order valence-corrected chi connectivity index (χ0v) is 15.2. The zero-order chi connectivity index (χ0) is 19.2. The number of hydrogen-bond donors (Lipinski definition) is 0. The number of ketones is 1. The lowest BCUT2D eigenvalue weighted by Gasteiger charge is -2.07. The van der Waals surface area contributed by atoms with E-state index in [0.717, 1.165) is 17.7 Å². The Morgan fingerprint density at radius 3 is 2.56 bits per heavy atom. The second-order valence-corrected chi connectivity index (χ2v) is 5.88. The molecule has 0 amide bonds. The number of fused-ring (bicyclic) bond motifs is 1. The summed E-state index contributed by atoms with van der Waals surface area (Å²) in [6.45, 7) is 2.09. The molecule has 1 heterocycles. The van der Waals surface area contributed by atoms with Gasteiger partial charge in [0.25, 0.3) is 0 Å². The normalized spacial score (nSPS) is 13.9. The van der Waals surface area contributed by atoms with E-state index in [1.54, 1.807) is 31.4 Å². The molecular formula is C21H20O6. The second kappa shape index (κ2) is 8.40. The van der Waals surface area contributed by atoms with Gasteiger partial charge in [-0.05, 0) is 42.3 Å². The van der Waals surface area contributed by atoms with Crippen molar-refractivity contribution in [1.82, 2.24) is 0 Å². The third-order valence-corrected chi connectivity index (χ3v) is 3.88. The van der Waals surface area contributed by atoms with Crippen LogP contribution in [-0.2, 0) is 9.53 Å². The minimum absolute atomic E-state index is 0.193. The first kappa shape index (κ1) is 18.5. The lowest BCUT2D eigenvalue weighted by atomic mass is 10.1. The van der Waals surface area contributed by atoms with E-state index in [0.29, 0.717) is 23.7 Å². The molecule has 0 aromatic heterocycles. The fourth-order valence-corrected chi connectivity index (χ4v) is 2.51. The van der Waals surface area contributed by atoms with Crippen molar-refractivity contribution in [3.8, 4) is 17.2 Å². The molecule has 1 aliphatic heterocycles. The van der Waals surface area contributed by atoms with Crippen molar-refractivity contribution in [3.05, 3.63) is 59.4 Å². The third-order valence-electron chi connectivity index (χ3n) is 3.88. The smallest absolute Gasteiger partial charge is 0.344 e. The molecule has 140 valence electrons. The molecule has 0 aliphatic carbocycles. The Bertz CT molecular complexity index is 867. The first-order valence-corrected chi connectivity index (χ1v) is 8.61. The maximum absolute atomic E-state index is 12.5. The highest BCUT2D eigenvalue weighted by Gasteiger charge is 2.27. The molecular weight excluding hydrogens is 348 g/mol. The maximum Gasteiger partial charge on any atom is 0.344 e. The molecule has 6 heteroatoms. The van der Waals surface area contributed by atoms with Gasteiger partial charge in [0, 0.05) is 6.07 Å². The highest BCUT2D eigenvalue weighted by molar-refractivity contribution is 6.14. The number of rotatable bonds is 7. The molecule has 0 bridgehead atoms. The zero-order valence-electron chi connectivity index (χ0n) is 15.2. The Kier molecular flexibility index (Phi) is 5.76. The number of hydrogen-bond acceptors (Lipinski definition) is 6. The monoisotopic (exact) mass is 368 g/mol. The van der Waals surface area contributed by atoms with Gasteiger partial charge in [0.1, 0.15) is 17.2 Å². The van der Waals surface area contributed by atoms with Gasteiger partial charge < -0.3 is 18.9 Å². The molecule has 0 spiro atoms. The largest absolute Gasteiger partial charge is 0.497 e. The molecule has 2 aromatic rings. The van der Waals surface area contributed by atoms with E-state index in [1.807, 2.05) is 31.2 Å². The van der Waals surface area contributed by atoms with Gasteiger partial charge in [-0.3, -0.25) is 4.79 Å². The van der Waals surface area contributed by atoms with Gasteiger partial charge in [-0.25, -0.2) is 4.79 Å². The molecule has 3 rings (SSSR count). The van der Waals surface area contributed by atoms with Crippen LogP contribution in [0.25, 0.3) is 6.08 Å². The summed E-state index contributed by atoms with van der Waals surface area (Å²) < 4.78 is 21.2. The van der Waals surface area contributed by atoms with E-state index in [4.69, 9.17) is 18.9 Å². The van der Waals surface area contributed by atoms with Crippen molar-refractivity contribution in [3.63, 3.8) is 0 Å². The van der Waals surface area contributed by atoms with E-state index in [2.05, 4.69) is 0 Å². The molecule has 0 fully saturated rings. The van der Waals surface area contributed by atoms with Crippen LogP contribution < -0.4 is 14.2 Å². The van der Waals surface area contributed by atoms with Crippen molar-refractivity contribution < 1.29 is 28.5 Å². The highest BCUT2D eigenvalue weighted by atomic mass is 16.6. The van der Waals surface area contributed by atoms with Crippen molar-refractivity contribution >= 4 is 17.8 Å². The minimum Gasteiger partial charge on any atom is -0.497 e. The third kappa shape index (κ3) is 4.47. The van der Waals surface area contributed by atoms with E-state index in [9.17, 15) is 9.59 Å². The first-order chi connectivity index (χ1) is 13.1. The molecule has 0 atom stereocenters. The number of benzene rings is 2. The Labute approximate surface area is 157 Å². The summed E-state index contributed by atoms with van der Waals surface area (Å²) in [7, 11) is 1.59. The number of methoxy groups -OCH3 is 1. The lowest BCUT2D eigenvalue weighted by molar-refractivity contribution is -0.146. The number of allylic oxidation sites excluding steroid dienone is 1. The van der Waals surface area contributed by atoms with Crippen LogP contribution in [0.2, 0.25) is 0 Å².